The maximum Gasteiger partial charge on any atom is 0.309 e. The highest BCUT2D eigenvalue weighted by Gasteiger charge is 2.28. The Hall–Kier alpha value is -1.51. The fourth-order valence-corrected chi connectivity index (χ4v) is 3.42. The predicted octanol–water partition coefficient (Wildman–Crippen LogP) is 3.83. The van der Waals surface area contributed by atoms with Crippen LogP contribution in [0.15, 0.2) is 29.3 Å². The number of piperidine rings is 1. The van der Waals surface area contributed by atoms with E-state index in [1.54, 1.807) is 7.11 Å². The van der Waals surface area contributed by atoms with Crippen LogP contribution in [0.2, 0.25) is 0 Å². The van der Waals surface area contributed by atoms with Crippen LogP contribution in [0.25, 0.3) is 0 Å². The quantitative estimate of drug-likeness (QED) is 0.258. The van der Waals surface area contributed by atoms with Gasteiger partial charge < -0.3 is 19.7 Å². The number of ether oxygens (including phenoxy) is 2. The number of aliphatic imine (C=N–C) groups is 1. The van der Waals surface area contributed by atoms with Gasteiger partial charge in [0.15, 0.2) is 5.96 Å². The molecule has 1 aromatic rings. The molecule has 0 bridgehead atoms. The molecule has 1 aliphatic rings. The number of guanidine groups is 1. The van der Waals surface area contributed by atoms with Crippen molar-refractivity contribution in [1.29, 1.82) is 0 Å². The second-order valence-electron chi connectivity index (χ2n) is 7.80. The molecular formula is C22H36IN3O3. The molecule has 1 saturated heterocycles. The summed E-state index contributed by atoms with van der Waals surface area (Å²) in [7, 11) is 1.68. The molecule has 6 nitrogen and oxygen atoms in total. The monoisotopic (exact) mass is 517 g/mol. The molecule has 2 rings (SSSR count). The van der Waals surface area contributed by atoms with Crippen LogP contribution in [0.4, 0.5) is 0 Å². The van der Waals surface area contributed by atoms with E-state index in [1.165, 1.54) is 5.56 Å². The number of methoxy groups -OCH3 is 1. The number of esters is 1. The first-order valence-corrected chi connectivity index (χ1v) is 10.3. The highest BCUT2D eigenvalue weighted by Crippen LogP contribution is 2.26. The van der Waals surface area contributed by atoms with Gasteiger partial charge in [-0.1, -0.05) is 26.0 Å². The van der Waals surface area contributed by atoms with E-state index in [0.717, 1.165) is 44.2 Å². The van der Waals surface area contributed by atoms with Crippen molar-refractivity contribution >= 4 is 35.9 Å². The molecule has 7 heteroatoms. The number of benzene rings is 1. The zero-order valence-corrected chi connectivity index (χ0v) is 20.7. The molecule has 0 atom stereocenters. The van der Waals surface area contributed by atoms with Gasteiger partial charge >= 0.3 is 5.97 Å². The Morgan fingerprint density at radius 3 is 2.34 bits per heavy atom. The maximum atomic E-state index is 12.0. The molecule has 0 amide bonds. The van der Waals surface area contributed by atoms with Gasteiger partial charge in [0, 0.05) is 25.0 Å². The maximum absolute atomic E-state index is 12.0. The Morgan fingerprint density at radius 2 is 1.83 bits per heavy atom. The Morgan fingerprint density at radius 1 is 1.21 bits per heavy atom. The van der Waals surface area contributed by atoms with Gasteiger partial charge in [0.05, 0.1) is 26.2 Å². The van der Waals surface area contributed by atoms with Crippen LogP contribution in [0.1, 0.15) is 46.1 Å². The SMILES string of the molecule is CCNC(=NCC(C)(C)c1ccc(OC)cc1)N1CCC(C(=O)OCC)CC1.I. The molecule has 0 aliphatic carbocycles. The number of carbonyl (C=O) groups excluding carboxylic acids is 1. The summed E-state index contributed by atoms with van der Waals surface area (Å²) < 4.78 is 10.4. The first-order valence-electron chi connectivity index (χ1n) is 10.3. The van der Waals surface area contributed by atoms with Gasteiger partial charge in [-0.15, -0.1) is 24.0 Å². The van der Waals surface area contributed by atoms with Gasteiger partial charge in [-0.05, 0) is 44.4 Å². The number of carbonyl (C=O) groups is 1. The number of hydrogen-bond donors (Lipinski definition) is 1. The van der Waals surface area contributed by atoms with E-state index in [-0.39, 0.29) is 41.3 Å². The van der Waals surface area contributed by atoms with Crippen LogP contribution >= 0.6 is 24.0 Å². The van der Waals surface area contributed by atoms with Crippen molar-refractivity contribution in [2.75, 3.05) is 39.9 Å². The molecule has 0 spiro atoms. The number of rotatable bonds is 7. The third-order valence-corrected chi connectivity index (χ3v) is 5.24. The lowest BCUT2D eigenvalue weighted by Crippen LogP contribution is -2.47. The lowest BCUT2D eigenvalue weighted by atomic mass is 9.85. The van der Waals surface area contributed by atoms with E-state index in [9.17, 15) is 4.79 Å². The van der Waals surface area contributed by atoms with Crippen molar-refractivity contribution < 1.29 is 14.3 Å². The Balaban J connectivity index is 0.00000420. The lowest BCUT2D eigenvalue weighted by molar-refractivity contribution is -0.149. The molecule has 0 unspecified atom stereocenters. The van der Waals surface area contributed by atoms with E-state index < -0.39 is 0 Å². The summed E-state index contributed by atoms with van der Waals surface area (Å²) >= 11 is 0. The summed E-state index contributed by atoms with van der Waals surface area (Å²) in [5, 5.41) is 3.40. The molecule has 0 saturated carbocycles. The molecule has 164 valence electrons. The molecule has 1 aromatic carbocycles. The van der Waals surface area contributed by atoms with Gasteiger partial charge in [-0.25, -0.2) is 0 Å². The Bertz CT molecular complexity index is 654. The molecule has 1 aliphatic heterocycles. The van der Waals surface area contributed by atoms with Crippen molar-refractivity contribution in [3.63, 3.8) is 0 Å². The summed E-state index contributed by atoms with van der Waals surface area (Å²) in [5.41, 5.74) is 1.14. The number of nitrogens with one attached hydrogen (secondary N) is 1. The third kappa shape index (κ3) is 7.35. The van der Waals surface area contributed by atoms with E-state index in [1.807, 2.05) is 19.1 Å². The number of likely N-dealkylation sites (tertiary alicyclic amines) is 1. The van der Waals surface area contributed by atoms with Crippen molar-refractivity contribution in [2.45, 2.75) is 46.0 Å². The van der Waals surface area contributed by atoms with Crippen molar-refractivity contribution in [2.24, 2.45) is 10.9 Å². The minimum atomic E-state index is -0.0871. The first-order chi connectivity index (χ1) is 13.4. The van der Waals surface area contributed by atoms with Crippen LogP contribution in [-0.4, -0.2) is 56.7 Å². The zero-order chi connectivity index (χ0) is 20.6. The number of nitrogens with zero attached hydrogens (tertiary/aromatic N) is 2. The topological polar surface area (TPSA) is 63.2 Å². The molecule has 0 radical (unpaired) electrons. The Labute approximate surface area is 192 Å². The third-order valence-electron chi connectivity index (χ3n) is 5.24. The number of halogens is 1. The van der Waals surface area contributed by atoms with Crippen molar-refractivity contribution in [3.8, 4) is 5.75 Å². The van der Waals surface area contributed by atoms with Crippen molar-refractivity contribution in [1.82, 2.24) is 10.2 Å². The van der Waals surface area contributed by atoms with Crippen LogP contribution in [0, 0.1) is 5.92 Å². The largest absolute Gasteiger partial charge is 0.497 e. The number of hydrogen-bond acceptors (Lipinski definition) is 4. The van der Waals surface area contributed by atoms with Gasteiger partial charge in [-0.3, -0.25) is 9.79 Å². The Kier molecular flexibility index (Phi) is 10.8. The first kappa shape index (κ1) is 25.5. The molecule has 1 fully saturated rings. The van der Waals surface area contributed by atoms with E-state index in [4.69, 9.17) is 14.5 Å². The van der Waals surface area contributed by atoms with Crippen LogP contribution in [0.3, 0.4) is 0 Å². The van der Waals surface area contributed by atoms with E-state index in [2.05, 4.69) is 43.1 Å². The summed E-state index contributed by atoms with van der Waals surface area (Å²) in [4.78, 5) is 19.1. The second-order valence-corrected chi connectivity index (χ2v) is 7.80. The van der Waals surface area contributed by atoms with E-state index >= 15 is 0 Å². The predicted molar refractivity (Wildman–Crippen MR) is 128 cm³/mol. The molecule has 1 N–H and O–H groups in total. The van der Waals surface area contributed by atoms with Gasteiger partial charge in [0.1, 0.15) is 5.75 Å². The minimum Gasteiger partial charge on any atom is -0.497 e. The van der Waals surface area contributed by atoms with Gasteiger partial charge in [-0.2, -0.15) is 0 Å². The second kappa shape index (κ2) is 12.2. The fraction of sp³-hybridized carbons (Fsp3) is 0.636. The van der Waals surface area contributed by atoms with Gasteiger partial charge in [0.2, 0.25) is 0 Å². The molecule has 29 heavy (non-hydrogen) atoms. The van der Waals surface area contributed by atoms with Crippen LogP contribution in [0.5, 0.6) is 5.75 Å². The lowest BCUT2D eigenvalue weighted by Gasteiger charge is -2.34. The van der Waals surface area contributed by atoms with Gasteiger partial charge in [0.25, 0.3) is 0 Å². The average molecular weight is 517 g/mol. The van der Waals surface area contributed by atoms with Crippen molar-refractivity contribution in [3.05, 3.63) is 29.8 Å². The normalized spacial score (nSPS) is 15.5. The molecule has 1 heterocycles. The molecular weight excluding hydrogens is 481 g/mol. The fourth-order valence-electron chi connectivity index (χ4n) is 3.42. The smallest absolute Gasteiger partial charge is 0.309 e. The molecule has 0 aromatic heterocycles. The summed E-state index contributed by atoms with van der Waals surface area (Å²) in [6.45, 7) is 11.9. The highest BCUT2D eigenvalue weighted by atomic mass is 127. The summed E-state index contributed by atoms with van der Waals surface area (Å²) in [5.74, 6) is 1.73. The zero-order valence-electron chi connectivity index (χ0n) is 18.4. The van der Waals surface area contributed by atoms with Crippen LogP contribution in [-0.2, 0) is 14.9 Å². The van der Waals surface area contributed by atoms with E-state index in [0.29, 0.717) is 13.2 Å². The summed E-state index contributed by atoms with van der Waals surface area (Å²) in [6.07, 6.45) is 1.62. The highest BCUT2D eigenvalue weighted by molar-refractivity contribution is 14.0. The minimum absolute atomic E-state index is 0. The van der Waals surface area contributed by atoms with Crippen LogP contribution < -0.4 is 10.1 Å². The summed E-state index contributed by atoms with van der Waals surface area (Å²) in [6, 6.07) is 8.19. The average Bonchev–Trinajstić information content (AvgIpc) is 2.71. The standard InChI is InChI=1S/C22H35N3O3.HI/c1-6-23-21(25-14-12-17(13-15-25)20(26)28-7-2)24-16-22(3,4)18-8-10-19(27-5)11-9-18;/h8-11,17H,6-7,12-16H2,1-5H3,(H,23,24);1H.